The first-order valence-electron chi connectivity index (χ1n) is 7.65. The molecule has 2 nitrogen and oxygen atoms in total. The molecule has 0 aliphatic heterocycles. The Balaban J connectivity index is 2.47. The van der Waals surface area contributed by atoms with Crippen LogP contribution in [0, 0.1) is 0 Å². The molecule has 0 fully saturated rings. The number of rotatable bonds is 4. The third-order valence-corrected chi connectivity index (χ3v) is 4.00. The quantitative estimate of drug-likeness (QED) is 0.799. The molecule has 0 aromatic heterocycles. The molecule has 0 radical (unpaired) electrons. The molecule has 2 aromatic rings. The van der Waals surface area contributed by atoms with E-state index < -0.39 is 0 Å². The Bertz CT molecular complexity index is 598. The molecular weight excluding hydrogens is 256 g/mol. The van der Waals surface area contributed by atoms with Gasteiger partial charge in [-0.3, -0.25) is 0 Å². The van der Waals surface area contributed by atoms with Crippen molar-refractivity contribution in [1.29, 1.82) is 0 Å². The third kappa shape index (κ3) is 3.38. The summed E-state index contributed by atoms with van der Waals surface area (Å²) in [5.41, 5.74) is 19.2. The smallest absolute Gasteiger partial charge is 0.0384 e. The lowest BCUT2D eigenvalue weighted by Gasteiger charge is -2.19. The van der Waals surface area contributed by atoms with E-state index in [4.69, 9.17) is 11.5 Å². The van der Waals surface area contributed by atoms with Crippen LogP contribution in [-0.2, 0) is 6.42 Å². The fourth-order valence-electron chi connectivity index (χ4n) is 2.74. The van der Waals surface area contributed by atoms with Crippen LogP contribution in [-0.4, -0.2) is 0 Å². The standard InChI is InChI=1S/C19H26N2/c1-12(2)16-10-14(11-17(13(3)4)19(16)21)9-15-7-5-6-8-18(15)20/h5-8,10-13H,9,20-21H2,1-4H3. The van der Waals surface area contributed by atoms with Gasteiger partial charge in [0.2, 0.25) is 0 Å². The van der Waals surface area contributed by atoms with E-state index in [-0.39, 0.29) is 0 Å². The van der Waals surface area contributed by atoms with Gasteiger partial charge in [0.05, 0.1) is 0 Å². The van der Waals surface area contributed by atoms with Crippen LogP contribution >= 0.6 is 0 Å². The van der Waals surface area contributed by atoms with Gasteiger partial charge in [-0.2, -0.15) is 0 Å². The van der Waals surface area contributed by atoms with Gasteiger partial charge < -0.3 is 11.5 Å². The number of hydrogen-bond donors (Lipinski definition) is 2. The number of anilines is 2. The second kappa shape index (κ2) is 6.21. The fraction of sp³-hybridized carbons (Fsp3) is 0.368. The van der Waals surface area contributed by atoms with Crippen LogP contribution in [0.1, 0.15) is 61.8 Å². The van der Waals surface area contributed by atoms with Crippen molar-refractivity contribution in [2.45, 2.75) is 46.0 Å². The first-order chi connectivity index (χ1) is 9.90. The lowest BCUT2D eigenvalue weighted by atomic mass is 9.89. The maximum Gasteiger partial charge on any atom is 0.0384 e. The highest BCUT2D eigenvalue weighted by molar-refractivity contribution is 5.59. The van der Waals surface area contributed by atoms with Crippen molar-refractivity contribution in [2.75, 3.05) is 11.5 Å². The zero-order valence-electron chi connectivity index (χ0n) is 13.5. The van der Waals surface area contributed by atoms with E-state index in [0.29, 0.717) is 11.8 Å². The molecular formula is C19H26N2. The van der Waals surface area contributed by atoms with Gasteiger partial charge in [0.1, 0.15) is 0 Å². The van der Waals surface area contributed by atoms with Crippen molar-refractivity contribution in [1.82, 2.24) is 0 Å². The molecule has 0 saturated carbocycles. The SMILES string of the molecule is CC(C)c1cc(Cc2ccccc2N)cc(C(C)C)c1N. The highest BCUT2D eigenvalue weighted by atomic mass is 14.6. The summed E-state index contributed by atoms with van der Waals surface area (Å²) in [5, 5.41) is 0. The van der Waals surface area contributed by atoms with Crippen LogP contribution in [0.2, 0.25) is 0 Å². The lowest BCUT2D eigenvalue weighted by Crippen LogP contribution is -2.06. The van der Waals surface area contributed by atoms with Crippen LogP contribution in [0.3, 0.4) is 0 Å². The topological polar surface area (TPSA) is 52.0 Å². The van der Waals surface area contributed by atoms with E-state index in [1.807, 2.05) is 18.2 Å². The zero-order valence-corrected chi connectivity index (χ0v) is 13.5. The van der Waals surface area contributed by atoms with E-state index >= 15 is 0 Å². The maximum absolute atomic E-state index is 6.35. The van der Waals surface area contributed by atoms with E-state index in [1.54, 1.807) is 0 Å². The summed E-state index contributed by atoms with van der Waals surface area (Å²) in [7, 11) is 0. The van der Waals surface area contributed by atoms with E-state index in [2.05, 4.69) is 45.9 Å². The number of nitrogens with two attached hydrogens (primary N) is 2. The molecule has 21 heavy (non-hydrogen) atoms. The van der Waals surface area contributed by atoms with Crippen molar-refractivity contribution < 1.29 is 0 Å². The summed E-state index contributed by atoms with van der Waals surface area (Å²) in [4.78, 5) is 0. The molecule has 0 aliphatic carbocycles. The monoisotopic (exact) mass is 282 g/mol. The summed E-state index contributed by atoms with van der Waals surface area (Å²) < 4.78 is 0. The highest BCUT2D eigenvalue weighted by Crippen LogP contribution is 2.32. The number of benzene rings is 2. The minimum atomic E-state index is 0.426. The van der Waals surface area contributed by atoms with Gasteiger partial charge in [-0.1, -0.05) is 58.0 Å². The van der Waals surface area contributed by atoms with Crippen LogP contribution < -0.4 is 11.5 Å². The van der Waals surface area contributed by atoms with Crippen molar-refractivity contribution >= 4 is 11.4 Å². The van der Waals surface area contributed by atoms with Gasteiger partial charge >= 0.3 is 0 Å². The highest BCUT2D eigenvalue weighted by Gasteiger charge is 2.14. The molecule has 0 amide bonds. The summed E-state index contributed by atoms with van der Waals surface area (Å²) in [6.45, 7) is 8.76. The van der Waals surface area contributed by atoms with Gasteiger partial charge in [0.15, 0.2) is 0 Å². The van der Waals surface area contributed by atoms with Gasteiger partial charge in [0.25, 0.3) is 0 Å². The van der Waals surface area contributed by atoms with Gasteiger partial charge in [-0.15, -0.1) is 0 Å². The molecule has 0 saturated heterocycles. The fourth-order valence-corrected chi connectivity index (χ4v) is 2.74. The number of hydrogen-bond acceptors (Lipinski definition) is 2. The molecule has 2 rings (SSSR count). The van der Waals surface area contributed by atoms with Crippen LogP contribution in [0.25, 0.3) is 0 Å². The summed E-state index contributed by atoms with van der Waals surface area (Å²) >= 11 is 0. The Hall–Kier alpha value is -1.96. The summed E-state index contributed by atoms with van der Waals surface area (Å²) in [5.74, 6) is 0.853. The molecule has 2 heteroatoms. The number of para-hydroxylation sites is 1. The predicted molar refractivity (Wildman–Crippen MR) is 92.7 cm³/mol. The van der Waals surface area contributed by atoms with Gasteiger partial charge in [-0.05, 0) is 46.6 Å². The first-order valence-corrected chi connectivity index (χ1v) is 7.65. The minimum Gasteiger partial charge on any atom is -0.398 e. The van der Waals surface area contributed by atoms with Crippen LogP contribution in [0.5, 0.6) is 0 Å². The van der Waals surface area contributed by atoms with Gasteiger partial charge in [0, 0.05) is 11.4 Å². The maximum atomic E-state index is 6.35. The predicted octanol–water partition coefficient (Wildman–Crippen LogP) is 4.69. The van der Waals surface area contributed by atoms with Crippen molar-refractivity contribution in [3.8, 4) is 0 Å². The Kier molecular flexibility index (Phi) is 4.56. The summed E-state index contributed by atoms with van der Waals surface area (Å²) in [6.07, 6.45) is 0.854. The lowest BCUT2D eigenvalue weighted by molar-refractivity contribution is 0.834. The van der Waals surface area contributed by atoms with Crippen molar-refractivity contribution in [3.05, 3.63) is 58.7 Å². The van der Waals surface area contributed by atoms with E-state index in [1.165, 1.54) is 22.3 Å². The van der Waals surface area contributed by atoms with Crippen LogP contribution in [0.15, 0.2) is 36.4 Å². The minimum absolute atomic E-state index is 0.426. The van der Waals surface area contributed by atoms with Crippen LogP contribution in [0.4, 0.5) is 11.4 Å². The third-order valence-electron chi connectivity index (χ3n) is 4.00. The van der Waals surface area contributed by atoms with Gasteiger partial charge in [-0.25, -0.2) is 0 Å². The molecule has 2 aromatic carbocycles. The second-order valence-corrected chi connectivity index (χ2v) is 6.37. The molecule has 0 heterocycles. The Morgan fingerprint density at radius 1 is 0.857 bits per heavy atom. The summed E-state index contributed by atoms with van der Waals surface area (Å²) in [6, 6.07) is 12.5. The largest absolute Gasteiger partial charge is 0.398 e. The zero-order chi connectivity index (χ0) is 15.6. The van der Waals surface area contributed by atoms with Crippen molar-refractivity contribution in [3.63, 3.8) is 0 Å². The normalized spacial score (nSPS) is 11.3. The molecule has 0 atom stereocenters. The average molecular weight is 282 g/mol. The molecule has 0 bridgehead atoms. The Morgan fingerprint density at radius 3 is 1.86 bits per heavy atom. The second-order valence-electron chi connectivity index (χ2n) is 6.37. The molecule has 4 N–H and O–H groups in total. The van der Waals surface area contributed by atoms with E-state index in [0.717, 1.165) is 17.8 Å². The molecule has 112 valence electrons. The Labute approximate surface area is 128 Å². The van der Waals surface area contributed by atoms with Crippen molar-refractivity contribution in [2.24, 2.45) is 0 Å². The average Bonchev–Trinajstić information content (AvgIpc) is 2.42. The molecule has 0 aliphatic rings. The molecule has 0 unspecified atom stereocenters. The Morgan fingerprint density at radius 2 is 1.38 bits per heavy atom. The molecule has 0 spiro atoms. The first kappa shape index (κ1) is 15.4. The number of nitrogen functional groups attached to an aromatic ring is 2. The van der Waals surface area contributed by atoms with E-state index in [9.17, 15) is 0 Å².